The summed E-state index contributed by atoms with van der Waals surface area (Å²) in [5.41, 5.74) is 13.3. The minimum Gasteiger partial charge on any atom is -0.308 e. The van der Waals surface area contributed by atoms with E-state index in [1.807, 2.05) is 11.3 Å². The summed E-state index contributed by atoms with van der Waals surface area (Å²) in [4.78, 5) is 0. The van der Waals surface area contributed by atoms with Crippen molar-refractivity contribution >= 4 is 81.3 Å². The van der Waals surface area contributed by atoms with E-state index in [-0.39, 0.29) is 0 Å². The average molecular weight is 718 g/mol. The van der Waals surface area contributed by atoms with Crippen LogP contribution in [-0.2, 0) is 7.05 Å². The molecule has 0 bridgehead atoms. The second kappa shape index (κ2) is 13.1. The molecule has 0 saturated heterocycles. The Bertz CT molecular complexity index is 3000. The Balaban J connectivity index is 1.09. The van der Waals surface area contributed by atoms with Crippen molar-refractivity contribution in [2.24, 2.45) is 13.0 Å². The van der Waals surface area contributed by atoms with Gasteiger partial charge in [-0.25, -0.2) is 4.57 Å². The van der Waals surface area contributed by atoms with Gasteiger partial charge in [-0.15, -0.1) is 11.3 Å². The fraction of sp³-hybridized carbons (Fsp3) is 0.196. The van der Waals surface area contributed by atoms with Gasteiger partial charge < -0.3 is 4.40 Å². The predicted octanol–water partition coefficient (Wildman–Crippen LogP) is 14.0. The third-order valence-corrected chi connectivity index (χ3v) is 13.3. The molecule has 5 aromatic carbocycles. The first-order valence-corrected chi connectivity index (χ1v) is 20.5. The normalized spacial score (nSPS) is 15.6. The van der Waals surface area contributed by atoms with Crippen molar-refractivity contribution in [2.75, 3.05) is 0 Å². The summed E-state index contributed by atoms with van der Waals surface area (Å²) in [5, 5.41) is 7.98. The van der Waals surface area contributed by atoms with Gasteiger partial charge >= 0.3 is 0 Å². The lowest BCUT2D eigenvalue weighted by atomic mass is 9.80. The number of benzene rings is 5. The van der Waals surface area contributed by atoms with E-state index in [0.717, 1.165) is 19.3 Å². The smallest absolute Gasteiger partial charge is 0.212 e. The number of hydrogen-bond acceptors (Lipinski definition) is 1. The van der Waals surface area contributed by atoms with E-state index in [9.17, 15) is 0 Å². The highest BCUT2D eigenvalue weighted by Gasteiger charge is 2.23. The highest BCUT2D eigenvalue weighted by molar-refractivity contribution is 7.25. The van der Waals surface area contributed by atoms with Crippen molar-refractivity contribution in [1.82, 2.24) is 4.40 Å². The standard InChI is InChI=1S/C51H45N2S/c1-5-34-16-8-9-19-37(34)38-20-11-10-18-36(38)33(3)15-6-7-17-35-27-47-43(28-42(35)46-26-25-32(2)31-52(46)4)40-22-14-23-41-44-30-50-45(29-48(44)53(47)51(40)41)39-21-12-13-24-49(39)54-50/h7-14,17-31,33-34H,5-6,15-16H2,1-4H3/q+1/b17-7+/t33?,34-/m0/s1. The summed E-state index contributed by atoms with van der Waals surface area (Å²) in [6.45, 7) is 6.90. The number of aromatic nitrogens is 2. The maximum absolute atomic E-state index is 2.55. The molecule has 4 aromatic heterocycles. The van der Waals surface area contributed by atoms with Crippen molar-refractivity contribution < 1.29 is 4.57 Å². The second-order valence-electron chi connectivity index (χ2n) is 15.5. The molecular weight excluding hydrogens is 673 g/mol. The zero-order valence-electron chi connectivity index (χ0n) is 31.6. The first kappa shape index (κ1) is 33.1. The first-order valence-electron chi connectivity index (χ1n) is 19.6. The van der Waals surface area contributed by atoms with E-state index in [1.165, 1.54) is 104 Å². The van der Waals surface area contributed by atoms with Crippen LogP contribution in [0.15, 0.2) is 134 Å². The molecule has 1 unspecified atom stereocenters. The van der Waals surface area contributed by atoms with Crippen LogP contribution in [-0.4, -0.2) is 4.40 Å². The Morgan fingerprint density at radius 2 is 1.57 bits per heavy atom. The highest BCUT2D eigenvalue weighted by Crippen LogP contribution is 2.45. The molecule has 264 valence electrons. The van der Waals surface area contributed by atoms with Crippen molar-refractivity contribution in [2.45, 2.75) is 52.4 Å². The molecular formula is C51H45N2S+. The van der Waals surface area contributed by atoms with Crippen LogP contribution in [0, 0.1) is 12.8 Å². The largest absolute Gasteiger partial charge is 0.308 e. The number of para-hydroxylation sites is 1. The quantitative estimate of drug-likeness (QED) is 0.138. The molecule has 0 N–H and O–H groups in total. The highest BCUT2D eigenvalue weighted by atomic mass is 32.1. The molecule has 0 amide bonds. The van der Waals surface area contributed by atoms with E-state index in [0.29, 0.717) is 11.8 Å². The average Bonchev–Trinajstić information content (AvgIpc) is 3.84. The fourth-order valence-corrected chi connectivity index (χ4v) is 10.5. The van der Waals surface area contributed by atoms with E-state index >= 15 is 0 Å². The summed E-state index contributed by atoms with van der Waals surface area (Å²) in [6.07, 6.45) is 18.4. The summed E-state index contributed by atoms with van der Waals surface area (Å²) in [7, 11) is 2.18. The van der Waals surface area contributed by atoms with Gasteiger partial charge in [0, 0.05) is 53.3 Å². The number of allylic oxidation sites excluding steroid dienone is 5. The molecule has 0 aliphatic heterocycles. The van der Waals surface area contributed by atoms with Crippen LogP contribution in [0.5, 0.6) is 0 Å². The molecule has 0 spiro atoms. The first-order chi connectivity index (χ1) is 26.5. The van der Waals surface area contributed by atoms with E-state index in [2.05, 4.69) is 176 Å². The molecule has 1 aliphatic rings. The predicted molar refractivity (Wildman–Crippen MR) is 234 cm³/mol. The van der Waals surface area contributed by atoms with Gasteiger partial charge in [0.15, 0.2) is 6.20 Å². The van der Waals surface area contributed by atoms with Crippen molar-refractivity contribution in [1.29, 1.82) is 0 Å². The monoisotopic (exact) mass is 717 g/mol. The molecule has 0 saturated carbocycles. The summed E-state index contributed by atoms with van der Waals surface area (Å²) in [5.74, 6) is 1.06. The van der Waals surface area contributed by atoms with Crippen LogP contribution in [0.4, 0.5) is 0 Å². The van der Waals surface area contributed by atoms with Crippen molar-refractivity contribution in [3.05, 3.63) is 156 Å². The second-order valence-corrected chi connectivity index (χ2v) is 16.6. The molecule has 10 rings (SSSR count). The fourth-order valence-electron chi connectivity index (χ4n) is 9.42. The zero-order chi connectivity index (χ0) is 36.5. The van der Waals surface area contributed by atoms with Gasteiger partial charge in [0.2, 0.25) is 5.69 Å². The van der Waals surface area contributed by atoms with Crippen molar-refractivity contribution in [3.8, 4) is 11.3 Å². The molecule has 0 fully saturated rings. The molecule has 54 heavy (non-hydrogen) atoms. The molecule has 9 aromatic rings. The number of fused-ring (bicyclic) bond motifs is 9. The molecule has 0 radical (unpaired) electrons. The Morgan fingerprint density at radius 3 is 2.43 bits per heavy atom. The SMILES string of the molecule is CC[C@H]1CC=CC=C1c1ccccc1C(C)CC/C=C/c1cc2c(cc1-c1ccc(C)c[n+]1C)c1cccc3c4cc5sc6ccccc6c5cc4n2c13. The van der Waals surface area contributed by atoms with Crippen LogP contribution in [0.2, 0.25) is 0 Å². The van der Waals surface area contributed by atoms with Crippen LogP contribution in [0.1, 0.15) is 67.7 Å². The third-order valence-electron chi connectivity index (χ3n) is 12.2. The van der Waals surface area contributed by atoms with Gasteiger partial charge in [-0.2, -0.15) is 0 Å². The Labute approximate surface area is 321 Å². The maximum Gasteiger partial charge on any atom is 0.212 e. The Morgan fingerprint density at radius 1 is 0.796 bits per heavy atom. The summed E-state index contributed by atoms with van der Waals surface area (Å²) < 4.78 is 7.54. The minimum atomic E-state index is 0.462. The van der Waals surface area contributed by atoms with Crippen LogP contribution >= 0.6 is 11.3 Å². The third kappa shape index (κ3) is 5.24. The zero-order valence-corrected chi connectivity index (χ0v) is 32.4. The van der Waals surface area contributed by atoms with Crippen molar-refractivity contribution in [3.63, 3.8) is 0 Å². The lowest BCUT2D eigenvalue weighted by molar-refractivity contribution is -0.660. The van der Waals surface area contributed by atoms with Gasteiger partial charge in [-0.05, 0) is 103 Å². The lowest BCUT2D eigenvalue weighted by Crippen LogP contribution is -2.31. The Hall–Kier alpha value is -5.51. The number of aryl methyl sites for hydroxylation is 2. The molecule has 1 aliphatic carbocycles. The number of nitrogens with zero attached hydrogens (tertiary/aromatic N) is 2. The molecule has 4 heterocycles. The number of thiophene rings is 1. The minimum absolute atomic E-state index is 0.462. The number of hydrogen-bond donors (Lipinski definition) is 0. The molecule has 2 atom stereocenters. The van der Waals surface area contributed by atoms with Gasteiger partial charge in [-0.1, -0.05) is 105 Å². The Kier molecular flexibility index (Phi) is 8.03. The molecule has 3 heteroatoms. The topological polar surface area (TPSA) is 8.29 Å². The molecule has 2 nitrogen and oxygen atoms in total. The maximum atomic E-state index is 2.55. The van der Waals surface area contributed by atoms with Gasteiger partial charge in [-0.3, -0.25) is 0 Å². The summed E-state index contributed by atoms with van der Waals surface area (Å²) in [6, 6.07) is 39.2. The number of pyridine rings is 1. The van der Waals surface area contributed by atoms with E-state index < -0.39 is 0 Å². The van der Waals surface area contributed by atoms with Gasteiger partial charge in [0.1, 0.15) is 7.05 Å². The van der Waals surface area contributed by atoms with E-state index in [4.69, 9.17) is 0 Å². The van der Waals surface area contributed by atoms with Gasteiger partial charge in [0.25, 0.3) is 0 Å². The van der Waals surface area contributed by atoms with Gasteiger partial charge in [0.05, 0.1) is 22.1 Å². The van der Waals surface area contributed by atoms with E-state index in [1.54, 1.807) is 0 Å². The van der Waals surface area contributed by atoms with Crippen LogP contribution in [0.25, 0.3) is 81.2 Å². The number of rotatable bonds is 8. The summed E-state index contributed by atoms with van der Waals surface area (Å²) >= 11 is 1.90. The lowest BCUT2D eigenvalue weighted by Gasteiger charge is -2.24. The van der Waals surface area contributed by atoms with Crippen LogP contribution < -0.4 is 4.57 Å². The van der Waals surface area contributed by atoms with Crippen LogP contribution in [0.3, 0.4) is 0 Å².